The molecule has 7 heavy (non-hydrogen) atoms. The van der Waals surface area contributed by atoms with Gasteiger partial charge in [-0.1, -0.05) is 0 Å². The molecule has 0 unspecified atom stereocenters. The summed E-state index contributed by atoms with van der Waals surface area (Å²) in [7, 11) is 0. The third kappa shape index (κ3) is 0.716. The molecule has 1 aliphatic rings. The van der Waals surface area contributed by atoms with E-state index in [0.29, 0.717) is 0 Å². The fourth-order valence-electron chi connectivity index (χ4n) is 0.581. The highest BCUT2D eigenvalue weighted by atomic mass is 14.9. The highest BCUT2D eigenvalue weighted by molar-refractivity contribution is 5.21. The number of nitriles is 1. The van der Waals surface area contributed by atoms with Crippen LogP contribution in [-0.2, 0) is 0 Å². The van der Waals surface area contributed by atoms with Gasteiger partial charge in [0.25, 0.3) is 0 Å². The van der Waals surface area contributed by atoms with Gasteiger partial charge in [0.1, 0.15) is 11.8 Å². The maximum Gasteiger partial charge on any atom is 0.117 e. The third-order valence-electron chi connectivity index (χ3n) is 0.929. The molecular formula is C5H6N2. The molecule has 0 aromatic heterocycles. The van der Waals surface area contributed by atoms with Crippen LogP contribution in [0.2, 0.25) is 0 Å². The Bertz CT molecular complexity index is 130. The Labute approximate surface area is 42.4 Å². The fraction of sp³-hybridized carbons (Fsp3) is 0.400. The van der Waals surface area contributed by atoms with E-state index in [1.807, 2.05) is 12.1 Å². The fourth-order valence-corrected chi connectivity index (χ4v) is 0.581. The minimum atomic E-state index is 0.722. The molecule has 0 amide bonds. The number of allylic oxidation sites excluding steroid dienone is 1. The Hall–Kier alpha value is -0.970. The number of nitrogens with one attached hydrogen (secondary N) is 1. The van der Waals surface area contributed by atoms with Crippen LogP contribution in [0.25, 0.3) is 0 Å². The average molecular weight is 94.1 g/mol. The Balaban J connectivity index is 2.57. The van der Waals surface area contributed by atoms with E-state index < -0.39 is 0 Å². The minimum Gasteiger partial charge on any atom is -0.376 e. The molecule has 36 valence electrons. The Morgan fingerprint density at radius 2 is 2.71 bits per heavy atom. The lowest BCUT2D eigenvalue weighted by Crippen LogP contribution is -2.04. The van der Waals surface area contributed by atoms with E-state index in [4.69, 9.17) is 5.26 Å². The summed E-state index contributed by atoms with van der Waals surface area (Å²) >= 11 is 0. The molecule has 2 nitrogen and oxygen atoms in total. The lowest BCUT2D eigenvalue weighted by atomic mass is 10.4. The second kappa shape index (κ2) is 1.65. The first-order chi connectivity index (χ1) is 3.43. The Kier molecular flexibility index (Phi) is 0.991. The van der Waals surface area contributed by atoms with Gasteiger partial charge in [0, 0.05) is 6.54 Å². The van der Waals surface area contributed by atoms with E-state index in [0.717, 1.165) is 18.7 Å². The van der Waals surface area contributed by atoms with Gasteiger partial charge < -0.3 is 5.32 Å². The van der Waals surface area contributed by atoms with Gasteiger partial charge in [0.15, 0.2) is 0 Å². The molecule has 0 aliphatic carbocycles. The zero-order chi connectivity index (χ0) is 5.11. The van der Waals surface area contributed by atoms with Gasteiger partial charge >= 0.3 is 0 Å². The molecule has 0 saturated heterocycles. The molecule has 0 bridgehead atoms. The summed E-state index contributed by atoms with van der Waals surface area (Å²) in [6.07, 6.45) is 2.91. The van der Waals surface area contributed by atoms with Crippen molar-refractivity contribution in [3.05, 3.63) is 11.8 Å². The Morgan fingerprint density at radius 1 is 1.86 bits per heavy atom. The van der Waals surface area contributed by atoms with Gasteiger partial charge in [-0.3, -0.25) is 0 Å². The van der Waals surface area contributed by atoms with Crippen LogP contribution in [0.4, 0.5) is 0 Å². The maximum absolute atomic E-state index is 8.19. The largest absolute Gasteiger partial charge is 0.376 e. The van der Waals surface area contributed by atoms with Crippen molar-refractivity contribution in [1.29, 1.82) is 5.26 Å². The van der Waals surface area contributed by atoms with Crippen LogP contribution in [0.5, 0.6) is 0 Å². The molecular weight excluding hydrogens is 88.1 g/mol. The molecule has 0 spiro atoms. The van der Waals surface area contributed by atoms with Crippen LogP contribution in [-0.4, -0.2) is 6.54 Å². The first-order valence-electron chi connectivity index (χ1n) is 2.27. The van der Waals surface area contributed by atoms with Crippen molar-refractivity contribution in [3.8, 4) is 6.07 Å². The predicted octanol–water partition coefficient (Wildman–Crippen LogP) is 0.387. The molecule has 0 atom stereocenters. The minimum absolute atomic E-state index is 0.722. The van der Waals surface area contributed by atoms with Crippen LogP contribution in [0.3, 0.4) is 0 Å². The number of nitrogens with zero attached hydrogens (tertiary/aromatic N) is 1. The van der Waals surface area contributed by atoms with Gasteiger partial charge in [-0.25, -0.2) is 0 Å². The second-order valence-corrected chi connectivity index (χ2v) is 1.45. The quantitative estimate of drug-likeness (QED) is 0.471. The van der Waals surface area contributed by atoms with Crippen LogP contribution in [0.15, 0.2) is 11.8 Å². The number of hydrogen-bond acceptors (Lipinski definition) is 2. The third-order valence-corrected chi connectivity index (χ3v) is 0.929. The van der Waals surface area contributed by atoms with Crippen LogP contribution in [0, 0.1) is 11.3 Å². The van der Waals surface area contributed by atoms with Crippen LogP contribution < -0.4 is 5.32 Å². The van der Waals surface area contributed by atoms with Gasteiger partial charge in [0.2, 0.25) is 0 Å². The van der Waals surface area contributed by atoms with Crippen molar-refractivity contribution in [3.63, 3.8) is 0 Å². The van der Waals surface area contributed by atoms with Crippen molar-refractivity contribution in [2.45, 2.75) is 6.42 Å². The van der Waals surface area contributed by atoms with Gasteiger partial charge in [-0.15, -0.1) is 0 Å². The average Bonchev–Trinajstić information content (AvgIpc) is 2.14. The molecule has 2 heteroatoms. The first kappa shape index (κ1) is 4.20. The zero-order valence-electron chi connectivity index (χ0n) is 3.94. The number of hydrogen-bond donors (Lipinski definition) is 1. The topological polar surface area (TPSA) is 35.8 Å². The summed E-state index contributed by atoms with van der Waals surface area (Å²) in [5.41, 5.74) is 0.722. The summed E-state index contributed by atoms with van der Waals surface area (Å²) in [5, 5.41) is 11.1. The van der Waals surface area contributed by atoms with Crippen molar-refractivity contribution < 1.29 is 0 Å². The summed E-state index contributed by atoms with van der Waals surface area (Å²) in [6.45, 7) is 0.933. The zero-order valence-corrected chi connectivity index (χ0v) is 3.94. The molecule has 0 radical (unpaired) electrons. The van der Waals surface area contributed by atoms with E-state index in [-0.39, 0.29) is 0 Å². The first-order valence-corrected chi connectivity index (χ1v) is 2.27. The lowest BCUT2D eigenvalue weighted by Gasteiger charge is -1.85. The highest BCUT2D eigenvalue weighted by Gasteiger charge is 1.97. The van der Waals surface area contributed by atoms with E-state index >= 15 is 0 Å². The molecule has 1 N–H and O–H groups in total. The standard InChI is InChI=1S/C5H6N2/c6-4-5-2-1-3-7-5/h2,7H,1,3H2. The summed E-state index contributed by atoms with van der Waals surface area (Å²) in [6, 6.07) is 2.01. The second-order valence-electron chi connectivity index (χ2n) is 1.45. The lowest BCUT2D eigenvalue weighted by molar-refractivity contribution is 0.894. The molecule has 1 aliphatic heterocycles. The SMILES string of the molecule is N#CC1=CCCN1. The predicted molar refractivity (Wildman–Crippen MR) is 26.3 cm³/mol. The monoisotopic (exact) mass is 94.1 g/mol. The van der Waals surface area contributed by atoms with Crippen molar-refractivity contribution in [2.75, 3.05) is 6.54 Å². The maximum atomic E-state index is 8.19. The summed E-state index contributed by atoms with van der Waals surface area (Å²) in [5.74, 6) is 0. The van der Waals surface area contributed by atoms with Gasteiger partial charge in [-0.05, 0) is 12.5 Å². The van der Waals surface area contributed by atoms with Crippen LogP contribution in [0.1, 0.15) is 6.42 Å². The normalized spacial score (nSPS) is 17.3. The highest BCUT2D eigenvalue weighted by Crippen LogP contribution is 1.96. The number of rotatable bonds is 0. The van der Waals surface area contributed by atoms with Crippen molar-refractivity contribution >= 4 is 0 Å². The molecule has 0 aromatic rings. The van der Waals surface area contributed by atoms with Crippen molar-refractivity contribution in [2.24, 2.45) is 0 Å². The van der Waals surface area contributed by atoms with E-state index in [9.17, 15) is 0 Å². The molecule has 1 heterocycles. The van der Waals surface area contributed by atoms with Crippen LogP contribution >= 0.6 is 0 Å². The summed E-state index contributed by atoms with van der Waals surface area (Å²) in [4.78, 5) is 0. The smallest absolute Gasteiger partial charge is 0.117 e. The molecule has 1 rings (SSSR count). The summed E-state index contributed by atoms with van der Waals surface area (Å²) < 4.78 is 0. The van der Waals surface area contributed by atoms with Crippen molar-refractivity contribution in [1.82, 2.24) is 5.32 Å². The van der Waals surface area contributed by atoms with E-state index in [2.05, 4.69) is 5.32 Å². The van der Waals surface area contributed by atoms with E-state index in [1.54, 1.807) is 0 Å². The molecule has 0 fully saturated rings. The van der Waals surface area contributed by atoms with E-state index in [1.165, 1.54) is 0 Å². The van der Waals surface area contributed by atoms with Gasteiger partial charge in [0.05, 0.1) is 0 Å². The van der Waals surface area contributed by atoms with Gasteiger partial charge in [-0.2, -0.15) is 5.26 Å². The molecule has 0 aromatic carbocycles. The Morgan fingerprint density at radius 3 is 3.00 bits per heavy atom. The molecule has 0 saturated carbocycles.